The molecule has 0 aromatic heterocycles. The van der Waals surface area contributed by atoms with E-state index in [-0.39, 0.29) is 0 Å². The Hall–Kier alpha value is -0.500. The first-order valence-electron chi connectivity index (χ1n) is 2.71. The zero-order valence-corrected chi connectivity index (χ0v) is 5.26. The van der Waals surface area contributed by atoms with Gasteiger partial charge < -0.3 is 10.2 Å². The van der Waals surface area contributed by atoms with Crippen LogP contribution in [0.5, 0.6) is 0 Å². The molecule has 1 atom stereocenters. The SMILES string of the molecule is CCC(O)/C(C)=C/O. The molecule has 0 spiro atoms. The predicted molar refractivity (Wildman–Crippen MR) is 32.7 cm³/mol. The Morgan fingerprint density at radius 3 is 2.38 bits per heavy atom. The fourth-order valence-corrected chi connectivity index (χ4v) is 0.408. The van der Waals surface area contributed by atoms with Crippen molar-refractivity contribution in [2.24, 2.45) is 0 Å². The lowest BCUT2D eigenvalue weighted by atomic mass is 10.1. The highest BCUT2D eigenvalue weighted by atomic mass is 16.3. The molecule has 0 saturated heterocycles. The quantitative estimate of drug-likeness (QED) is 0.532. The Kier molecular flexibility index (Phi) is 3.28. The number of aliphatic hydroxyl groups excluding tert-OH is 2. The Morgan fingerprint density at radius 2 is 2.25 bits per heavy atom. The van der Waals surface area contributed by atoms with E-state index >= 15 is 0 Å². The molecule has 0 fully saturated rings. The van der Waals surface area contributed by atoms with E-state index in [0.29, 0.717) is 12.0 Å². The number of rotatable bonds is 2. The highest BCUT2D eigenvalue weighted by molar-refractivity contribution is 4.98. The van der Waals surface area contributed by atoms with Crippen molar-refractivity contribution in [3.05, 3.63) is 11.8 Å². The molecule has 48 valence electrons. The summed E-state index contributed by atoms with van der Waals surface area (Å²) in [5.74, 6) is 0. The molecule has 0 amide bonds. The van der Waals surface area contributed by atoms with E-state index in [1.807, 2.05) is 6.92 Å². The monoisotopic (exact) mass is 116 g/mol. The van der Waals surface area contributed by atoms with Crippen LogP contribution in [0.25, 0.3) is 0 Å². The summed E-state index contributed by atoms with van der Waals surface area (Å²) in [7, 11) is 0. The van der Waals surface area contributed by atoms with E-state index in [1.54, 1.807) is 6.92 Å². The van der Waals surface area contributed by atoms with Gasteiger partial charge in [-0.25, -0.2) is 0 Å². The minimum absolute atomic E-state index is 0.472. The summed E-state index contributed by atoms with van der Waals surface area (Å²) in [6.45, 7) is 3.55. The number of hydrogen-bond acceptors (Lipinski definition) is 2. The normalized spacial score (nSPS) is 16.1. The second-order valence-electron chi connectivity index (χ2n) is 1.80. The van der Waals surface area contributed by atoms with E-state index in [1.165, 1.54) is 0 Å². The van der Waals surface area contributed by atoms with Crippen LogP contribution >= 0.6 is 0 Å². The maximum absolute atomic E-state index is 8.90. The molecule has 0 saturated carbocycles. The van der Waals surface area contributed by atoms with Crippen LogP contribution < -0.4 is 0 Å². The summed E-state index contributed by atoms with van der Waals surface area (Å²) >= 11 is 0. The minimum Gasteiger partial charge on any atom is -0.516 e. The molecule has 0 aliphatic rings. The van der Waals surface area contributed by atoms with Crippen LogP contribution in [0.2, 0.25) is 0 Å². The van der Waals surface area contributed by atoms with Gasteiger partial charge in [-0.3, -0.25) is 0 Å². The Balaban J connectivity index is 3.63. The zero-order valence-electron chi connectivity index (χ0n) is 5.26. The van der Waals surface area contributed by atoms with Crippen molar-refractivity contribution in [3.8, 4) is 0 Å². The molecule has 2 nitrogen and oxygen atoms in total. The van der Waals surface area contributed by atoms with Crippen molar-refractivity contribution < 1.29 is 10.2 Å². The Labute approximate surface area is 49.5 Å². The molecule has 0 aliphatic carbocycles. The van der Waals surface area contributed by atoms with Crippen LogP contribution in [0.4, 0.5) is 0 Å². The van der Waals surface area contributed by atoms with Gasteiger partial charge in [0.1, 0.15) is 0 Å². The van der Waals surface area contributed by atoms with Crippen molar-refractivity contribution >= 4 is 0 Å². The average Bonchev–Trinajstić information content (AvgIpc) is 1.84. The molecule has 2 heteroatoms. The fourth-order valence-electron chi connectivity index (χ4n) is 0.408. The van der Waals surface area contributed by atoms with Crippen LogP contribution in [0, 0.1) is 0 Å². The minimum atomic E-state index is -0.472. The van der Waals surface area contributed by atoms with E-state index in [4.69, 9.17) is 10.2 Å². The second kappa shape index (κ2) is 3.50. The molecule has 2 N–H and O–H groups in total. The van der Waals surface area contributed by atoms with Gasteiger partial charge in [0, 0.05) is 0 Å². The summed E-state index contributed by atoms with van der Waals surface area (Å²) in [5, 5.41) is 17.2. The van der Waals surface area contributed by atoms with E-state index in [9.17, 15) is 0 Å². The van der Waals surface area contributed by atoms with Gasteiger partial charge in [0.25, 0.3) is 0 Å². The summed E-state index contributed by atoms with van der Waals surface area (Å²) in [4.78, 5) is 0. The van der Waals surface area contributed by atoms with Crippen LogP contribution in [0.15, 0.2) is 11.8 Å². The smallest absolute Gasteiger partial charge is 0.0806 e. The zero-order chi connectivity index (χ0) is 6.57. The third-order valence-corrected chi connectivity index (χ3v) is 1.12. The van der Waals surface area contributed by atoms with Gasteiger partial charge >= 0.3 is 0 Å². The predicted octanol–water partition coefficient (Wildman–Crippen LogP) is 1.22. The van der Waals surface area contributed by atoms with Gasteiger partial charge in [-0.1, -0.05) is 6.92 Å². The summed E-state index contributed by atoms with van der Waals surface area (Å²) in [6.07, 6.45) is 1.12. The number of aliphatic hydroxyl groups is 2. The molecule has 0 heterocycles. The van der Waals surface area contributed by atoms with Crippen molar-refractivity contribution in [1.82, 2.24) is 0 Å². The number of hydrogen-bond donors (Lipinski definition) is 2. The molecule has 0 aliphatic heterocycles. The first-order chi connectivity index (χ1) is 3.72. The van der Waals surface area contributed by atoms with Gasteiger partial charge in [-0.2, -0.15) is 0 Å². The molecule has 0 aromatic rings. The third kappa shape index (κ3) is 1.98. The molecule has 8 heavy (non-hydrogen) atoms. The van der Waals surface area contributed by atoms with Gasteiger partial charge in [0.05, 0.1) is 12.4 Å². The Bertz CT molecular complexity index is 86.5. The fraction of sp³-hybridized carbons (Fsp3) is 0.667. The second-order valence-corrected chi connectivity index (χ2v) is 1.80. The van der Waals surface area contributed by atoms with Gasteiger partial charge in [-0.15, -0.1) is 0 Å². The molecule has 0 radical (unpaired) electrons. The average molecular weight is 116 g/mol. The highest BCUT2D eigenvalue weighted by Crippen LogP contribution is 2.02. The largest absolute Gasteiger partial charge is 0.516 e. The lowest BCUT2D eigenvalue weighted by Gasteiger charge is -2.04. The van der Waals surface area contributed by atoms with Crippen LogP contribution in [-0.4, -0.2) is 16.3 Å². The van der Waals surface area contributed by atoms with Crippen molar-refractivity contribution in [2.75, 3.05) is 0 Å². The summed E-state index contributed by atoms with van der Waals surface area (Å²) in [5.41, 5.74) is 0.618. The van der Waals surface area contributed by atoms with Crippen molar-refractivity contribution in [1.29, 1.82) is 0 Å². The summed E-state index contributed by atoms with van der Waals surface area (Å²) in [6, 6.07) is 0. The topological polar surface area (TPSA) is 40.5 Å². The maximum Gasteiger partial charge on any atom is 0.0806 e. The molecule has 0 rings (SSSR count). The van der Waals surface area contributed by atoms with Crippen LogP contribution in [-0.2, 0) is 0 Å². The van der Waals surface area contributed by atoms with Crippen molar-refractivity contribution in [2.45, 2.75) is 26.4 Å². The molecule has 0 bridgehead atoms. The third-order valence-electron chi connectivity index (χ3n) is 1.12. The molecular weight excluding hydrogens is 104 g/mol. The summed E-state index contributed by atoms with van der Waals surface area (Å²) < 4.78 is 0. The van der Waals surface area contributed by atoms with Crippen molar-refractivity contribution in [3.63, 3.8) is 0 Å². The first kappa shape index (κ1) is 7.50. The van der Waals surface area contributed by atoms with Crippen LogP contribution in [0.1, 0.15) is 20.3 Å². The van der Waals surface area contributed by atoms with Gasteiger partial charge in [0.15, 0.2) is 0 Å². The van der Waals surface area contributed by atoms with E-state index in [0.717, 1.165) is 6.26 Å². The van der Waals surface area contributed by atoms with E-state index < -0.39 is 6.10 Å². The lowest BCUT2D eigenvalue weighted by Crippen LogP contribution is -2.05. The van der Waals surface area contributed by atoms with Crippen LogP contribution in [0.3, 0.4) is 0 Å². The Morgan fingerprint density at radius 1 is 1.75 bits per heavy atom. The van der Waals surface area contributed by atoms with Gasteiger partial charge in [0.2, 0.25) is 0 Å². The van der Waals surface area contributed by atoms with Gasteiger partial charge in [-0.05, 0) is 18.9 Å². The lowest BCUT2D eigenvalue weighted by molar-refractivity contribution is 0.202. The standard InChI is InChI=1S/C6H12O2/c1-3-6(8)5(2)4-7/h4,6-8H,3H2,1-2H3/b5-4+. The molecule has 1 unspecified atom stereocenters. The maximum atomic E-state index is 8.90. The first-order valence-corrected chi connectivity index (χ1v) is 2.71. The molecular formula is C6H12O2. The molecule has 0 aromatic carbocycles. The van der Waals surface area contributed by atoms with E-state index in [2.05, 4.69) is 0 Å². The highest BCUT2D eigenvalue weighted by Gasteiger charge is 2.00.